The van der Waals surface area contributed by atoms with E-state index in [0.717, 1.165) is 38.5 Å². The maximum Gasteiger partial charge on any atom is 0.306 e. The highest BCUT2D eigenvalue weighted by Crippen LogP contribution is 2.27. The molecule has 2 saturated heterocycles. The van der Waals surface area contributed by atoms with Crippen LogP contribution in [-0.4, -0.2) is 142 Å². The molecule has 0 aliphatic carbocycles. The van der Waals surface area contributed by atoms with Crippen molar-refractivity contribution in [2.45, 2.75) is 300 Å². The number of allylic oxidation sites excluding steroid dienone is 2. The molecule has 0 saturated carbocycles. The summed E-state index contributed by atoms with van der Waals surface area (Å²) in [5, 5.41) is 72.2. The van der Waals surface area contributed by atoms with Crippen LogP contribution in [0.25, 0.3) is 0 Å². The van der Waals surface area contributed by atoms with Crippen LogP contribution in [0.2, 0.25) is 0 Å². The van der Waals surface area contributed by atoms with Crippen molar-refractivity contribution in [3.63, 3.8) is 0 Å². The Morgan fingerprint density at radius 3 is 1.32 bits per heavy atom. The van der Waals surface area contributed by atoms with E-state index in [0.29, 0.717) is 13.0 Å². The summed E-state index contributed by atoms with van der Waals surface area (Å²) in [7, 11) is 0. The minimum absolute atomic E-state index is 0.0665. The van der Waals surface area contributed by atoms with Crippen molar-refractivity contribution in [3.05, 3.63) is 12.2 Å². The van der Waals surface area contributed by atoms with E-state index in [1.807, 2.05) is 0 Å². The third-order valence-corrected chi connectivity index (χ3v) is 13.8. The lowest BCUT2D eigenvalue weighted by atomic mass is 9.98. The van der Waals surface area contributed by atoms with Gasteiger partial charge in [0.1, 0.15) is 54.9 Å². The molecule has 14 nitrogen and oxygen atoms in total. The Morgan fingerprint density at radius 1 is 0.464 bits per heavy atom. The number of esters is 1. The van der Waals surface area contributed by atoms with Crippen LogP contribution in [0.15, 0.2) is 12.2 Å². The van der Waals surface area contributed by atoms with E-state index >= 15 is 0 Å². The van der Waals surface area contributed by atoms with Crippen LogP contribution in [-0.2, 0) is 33.2 Å². The van der Waals surface area contributed by atoms with Gasteiger partial charge < -0.3 is 64.2 Å². The second kappa shape index (κ2) is 43.2. The maximum atomic E-state index is 13.0. The maximum absolute atomic E-state index is 13.0. The average molecular weight is 989 g/mol. The predicted octanol–water partition coefficient (Wildman–Crippen LogP) is 9.41. The topological polar surface area (TPSA) is 214 Å². The van der Waals surface area contributed by atoms with E-state index < -0.39 is 80.7 Å². The number of hydrogen-bond donors (Lipinski definition) is 7. The number of rotatable bonds is 46. The van der Waals surface area contributed by atoms with Crippen LogP contribution in [0.4, 0.5) is 0 Å². The van der Waals surface area contributed by atoms with Crippen LogP contribution >= 0.6 is 0 Å². The van der Waals surface area contributed by atoms with Crippen molar-refractivity contribution >= 4 is 5.97 Å². The summed E-state index contributed by atoms with van der Waals surface area (Å²) in [6, 6.07) is 0. The molecule has 408 valence electrons. The Kier molecular flexibility index (Phi) is 39.9. The van der Waals surface area contributed by atoms with Crippen LogP contribution in [0.1, 0.15) is 232 Å². The summed E-state index contributed by atoms with van der Waals surface area (Å²) in [4.78, 5) is 13.0. The molecule has 2 aliphatic rings. The molecule has 11 atom stereocenters. The van der Waals surface area contributed by atoms with Gasteiger partial charge in [-0.15, -0.1) is 0 Å². The second-order valence-electron chi connectivity index (χ2n) is 20.1. The van der Waals surface area contributed by atoms with E-state index in [2.05, 4.69) is 26.0 Å². The van der Waals surface area contributed by atoms with Gasteiger partial charge in [-0.05, 0) is 38.5 Å². The van der Waals surface area contributed by atoms with E-state index in [1.54, 1.807) is 0 Å². The van der Waals surface area contributed by atoms with E-state index in [-0.39, 0.29) is 25.6 Å². The summed E-state index contributed by atoms with van der Waals surface area (Å²) >= 11 is 0. The van der Waals surface area contributed by atoms with Gasteiger partial charge in [0, 0.05) is 13.0 Å². The third-order valence-electron chi connectivity index (χ3n) is 13.8. The lowest BCUT2D eigenvalue weighted by molar-refractivity contribution is -0.332. The molecule has 0 bridgehead atoms. The Balaban J connectivity index is 1.70. The van der Waals surface area contributed by atoms with Crippen LogP contribution in [0.5, 0.6) is 0 Å². The van der Waals surface area contributed by atoms with Crippen molar-refractivity contribution in [2.75, 3.05) is 33.0 Å². The molecule has 2 aliphatic heterocycles. The number of aliphatic hydroxyl groups excluding tert-OH is 7. The van der Waals surface area contributed by atoms with Gasteiger partial charge in [0.05, 0.1) is 26.4 Å². The zero-order valence-corrected chi connectivity index (χ0v) is 43.6. The van der Waals surface area contributed by atoms with Crippen molar-refractivity contribution < 1.29 is 69.0 Å². The number of ether oxygens (including phenoxy) is 6. The summed E-state index contributed by atoms with van der Waals surface area (Å²) in [6.45, 7) is 3.72. The summed E-state index contributed by atoms with van der Waals surface area (Å²) in [5.74, 6) is -0.372. The van der Waals surface area contributed by atoms with Gasteiger partial charge in [0.15, 0.2) is 12.6 Å². The minimum atomic E-state index is -1.70. The Hall–Kier alpha value is -1.27. The summed E-state index contributed by atoms with van der Waals surface area (Å²) in [6.07, 6.45) is 29.9. The van der Waals surface area contributed by atoms with Gasteiger partial charge >= 0.3 is 5.97 Å². The fraction of sp³-hybridized carbons (Fsp3) is 0.945. The number of hydrogen-bond acceptors (Lipinski definition) is 14. The Morgan fingerprint density at radius 2 is 0.855 bits per heavy atom. The zero-order chi connectivity index (χ0) is 50.2. The fourth-order valence-corrected chi connectivity index (χ4v) is 9.16. The molecule has 11 unspecified atom stereocenters. The first-order valence-electron chi connectivity index (χ1n) is 28.3. The molecular weight excluding hydrogens is 885 g/mol. The van der Waals surface area contributed by atoms with Crippen molar-refractivity contribution in [1.82, 2.24) is 0 Å². The Labute approximate surface area is 418 Å². The SMILES string of the molecule is CCCCCCCCCC/C=C\CCCCCCCCCCCCOCC(COC1OC(COC2OC(CO)C(O)C(O)C2O)C(O)C(O)C1O)OC(=O)CCCCCCCCCCCCCCC. The van der Waals surface area contributed by atoms with Crippen molar-refractivity contribution in [1.29, 1.82) is 0 Å². The molecule has 0 radical (unpaired) electrons. The predicted molar refractivity (Wildman–Crippen MR) is 271 cm³/mol. The first-order valence-corrected chi connectivity index (χ1v) is 28.3. The first kappa shape index (κ1) is 63.8. The number of carbonyl (C=O) groups excluding carboxylic acids is 1. The third kappa shape index (κ3) is 30.5. The molecule has 0 spiro atoms. The highest BCUT2D eigenvalue weighted by atomic mass is 16.7. The van der Waals surface area contributed by atoms with E-state index in [1.165, 1.54) is 167 Å². The standard InChI is InChI=1S/C55H104O14/c1-3-5-7-9-11-13-15-17-18-19-20-21-22-23-24-25-27-29-31-33-35-37-39-64-41-44(67-47(57)38-36-34-32-30-28-26-16-14-12-10-8-6-4-2)42-65-54-53(63)51(61)49(59)46(69-54)43-66-55-52(62)50(60)48(58)45(40-56)68-55/h19-20,44-46,48-56,58-63H,3-18,21-43H2,1-2H3/b20-19-. The summed E-state index contributed by atoms with van der Waals surface area (Å²) < 4.78 is 34.4. The van der Waals surface area contributed by atoms with Gasteiger partial charge in [-0.1, -0.05) is 199 Å². The smallest absolute Gasteiger partial charge is 0.306 e. The molecule has 69 heavy (non-hydrogen) atoms. The van der Waals surface area contributed by atoms with Gasteiger partial charge in [0.2, 0.25) is 0 Å². The number of aliphatic hydroxyl groups is 7. The molecule has 14 heteroatoms. The van der Waals surface area contributed by atoms with Gasteiger partial charge in [-0.3, -0.25) is 4.79 Å². The fourth-order valence-electron chi connectivity index (χ4n) is 9.16. The molecule has 2 rings (SSSR count). The number of carbonyl (C=O) groups is 1. The van der Waals surface area contributed by atoms with Gasteiger partial charge in [-0.25, -0.2) is 0 Å². The molecule has 0 aromatic heterocycles. The number of unbranched alkanes of at least 4 members (excludes halogenated alkanes) is 30. The normalized spacial score (nSPS) is 25.7. The largest absolute Gasteiger partial charge is 0.457 e. The van der Waals surface area contributed by atoms with Gasteiger partial charge in [-0.2, -0.15) is 0 Å². The highest BCUT2D eigenvalue weighted by Gasteiger charge is 2.47. The molecule has 0 aromatic rings. The summed E-state index contributed by atoms with van der Waals surface area (Å²) in [5.41, 5.74) is 0. The minimum Gasteiger partial charge on any atom is -0.457 e. The quantitative estimate of drug-likeness (QED) is 0.0172. The molecule has 7 N–H and O–H groups in total. The molecule has 2 heterocycles. The average Bonchev–Trinajstić information content (AvgIpc) is 3.35. The first-order chi connectivity index (χ1) is 33.6. The van der Waals surface area contributed by atoms with Crippen LogP contribution < -0.4 is 0 Å². The van der Waals surface area contributed by atoms with E-state index in [4.69, 9.17) is 28.4 Å². The second-order valence-corrected chi connectivity index (χ2v) is 20.1. The molecule has 0 aromatic carbocycles. The van der Waals surface area contributed by atoms with Crippen molar-refractivity contribution in [2.24, 2.45) is 0 Å². The highest BCUT2D eigenvalue weighted by molar-refractivity contribution is 5.69. The lowest BCUT2D eigenvalue weighted by Gasteiger charge is -2.42. The van der Waals surface area contributed by atoms with Crippen LogP contribution in [0, 0.1) is 0 Å². The van der Waals surface area contributed by atoms with Crippen LogP contribution in [0.3, 0.4) is 0 Å². The Bertz CT molecular complexity index is 1190. The molecule has 0 amide bonds. The lowest BCUT2D eigenvalue weighted by Crippen LogP contribution is -2.61. The van der Waals surface area contributed by atoms with E-state index in [9.17, 15) is 40.5 Å². The monoisotopic (exact) mass is 989 g/mol. The van der Waals surface area contributed by atoms with Crippen molar-refractivity contribution in [3.8, 4) is 0 Å². The molecule has 2 fully saturated rings. The zero-order valence-electron chi connectivity index (χ0n) is 43.6. The van der Waals surface area contributed by atoms with Gasteiger partial charge in [0.25, 0.3) is 0 Å². The molecular formula is C55H104O14.